The lowest BCUT2D eigenvalue weighted by molar-refractivity contribution is 0.289. The first-order valence-corrected chi connectivity index (χ1v) is 5.92. The molecule has 0 atom stereocenters. The number of ether oxygens (including phenoxy) is 1. The predicted molar refractivity (Wildman–Crippen MR) is 62.1 cm³/mol. The summed E-state index contributed by atoms with van der Waals surface area (Å²) in [5.41, 5.74) is 0. The van der Waals surface area contributed by atoms with Crippen molar-refractivity contribution in [3.05, 3.63) is 10.7 Å². The lowest BCUT2D eigenvalue weighted by Crippen LogP contribution is -2.03. The standard InChI is InChI=1S/C10H14BrN3O/c1-12-10-13-6-8(11)9(14-10)15-5-4-7-2-3-7/h6-7H,2-5H2,1H3,(H,12,13,14). The van der Waals surface area contributed by atoms with Gasteiger partial charge in [-0.2, -0.15) is 4.98 Å². The van der Waals surface area contributed by atoms with Crippen molar-refractivity contribution in [2.24, 2.45) is 5.92 Å². The molecule has 0 saturated heterocycles. The van der Waals surface area contributed by atoms with Crippen LogP contribution in [0.25, 0.3) is 0 Å². The summed E-state index contributed by atoms with van der Waals surface area (Å²) in [5, 5.41) is 2.88. The largest absolute Gasteiger partial charge is 0.477 e. The zero-order valence-corrected chi connectivity index (χ0v) is 10.2. The topological polar surface area (TPSA) is 47.0 Å². The van der Waals surface area contributed by atoms with Crippen LogP contribution >= 0.6 is 15.9 Å². The summed E-state index contributed by atoms with van der Waals surface area (Å²) in [7, 11) is 1.79. The molecule has 82 valence electrons. The Morgan fingerprint density at radius 2 is 2.40 bits per heavy atom. The summed E-state index contributed by atoms with van der Waals surface area (Å²) in [5.74, 6) is 2.09. The monoisotopic (exact) mass is 271 g/mol. The maximum absolute atomic E-state index is 5.59. The molecule has 4 nitrogen and oxygen atoms in total. The van der Waals surface area contributed by atoms with Crippen LogP contribution in [0.1, 0.15) is 19.3 Å². The Hall–Kier alpha value is -0.840. The van der Waals surface area contributed by atoms with Crippen molar-refractivity contribution in [1.82, 2.24) is 9.97 Å². The SMILES string of the molecule is CNc1ncc(Br)c(OCCC2CC2)n1. The maximum Gasteiger partial charge on any atom is 0.232 e. The Balaban J connectivity index is 1.92. The van der Waals surface area contributed by atoms with Crippen LogP contribution in [0.5, 0.6) is 5.88 Å². The number of hydrogen-bond acceptors (Lipinski definition) is 4. The predicted octanol–water partition coefficient (Wildman–Crippen LogP) is 2.46. The third-order valence-corrected chi connectivity index (χ3v) is 2.94. The minimum absolute atomic E-state index is 0.583. The molecule has 0 aliphatic heterocycles. The van der Waals surface area contributed by atoms with Crippen molar-refractivity contribution in [2.75, 3.05) is 19.0 Å². The second-order valence-electron chi connectivity index (χ2n) is 3.68. The Morgan fingerprint density at radius 3 is 3.07 bits per heavy atom. The molecular weight excluding hydrogens is 258 g/mol. The fourth-order valence-electron chi connectivity index (χ4n) is 1.30. The van der Waals surface area contributed by atoms with Gasteiger partial charge in [-0.15, -0.1) is 0 Å². The zero-order valence-electron chi connectivity index (χ0n) is 8.66. The van der Waals surface area contributed by atoms with Crippen molar-refractivity contribution in [3.63, 3.8) is 0 Å². The smallest absolute Gasteiger partial charge is 0.232 e. The molecule has 0 radical (unpaired) electrons. The summed E-state index contributed by atoms with van der Waals surface area (Å²) in [6, 6.07) is 0. The number of nitrogens with one attached hydrogen (secondary N) is 1. The van der Waals surface area contributed by atoms with Gasteiger partial charge < -0.3 is 10.1 Å². The molecule has 5 heteroatoms. The number of rotatable bonds is 5. The van der Waals surface area contributed by atoms with E-state index in [1.165, 1.54) is 12.8 Å². The average molecular weight is 272 g/mol. The van der Waals surface area contributed by atoms with E-state index in [9.17, 15) is 0 Å². The number of halogens is 1. The summed E-state index contributed by atoms with van der Waals surface area (Å²) in [6.07, 6.45) is 5.54. The minimum Gasteiger partial charge on any atom is -0.477 e. The normalized spacial score (nSPS) is 15.1. The molecule has 1 aromatic heterocycles. The number of hydrogen-bond donors (Lipinski definition) is 1. The van der Waals surface area contributed by atoms with Gasteiger partial charge in [-0.1, -0.05) is 12.8 Å². The van der Waals surface area contributed by atoms with Gasteiger partial charge in [0.05, 0.1) is 17.3 Å². The van der Waals surface area contributed by atoms with Crippen LogP contribution in [0.3, 0.4) is 0 Å². The van der Waals surface area contributed by atoms with Crippen LogP contribution in [-0.4, -0.2) is 23.6 Å². The summed E-state index contributed by atoms with van der Waals surface area (Å²) in [4.78, 5) is 8.28. The van der Waals surface area contributed by atoms with Gasteiger partial charge in [0.2, 0.25) is 11.8 Å². The van der Waals surface area contributed by atoms with E-state index in [0.717, 1.165) is 23.4 Å². The molecule has 1 fully saturated rings. The molecule has 0 amide bonds. The van der Waals surface area contributed by atoms with E-state index in [1.807, 2.05) is 0 Å². The average Bonchev–Trinajstić information content (AvgIpc) is 3.05. The molecule has 0 unspecified atom stereocenters. The van der Waals surface area contributed by atoms with E-state index < -0.39 is 0 Å². The Morgan fingerprint density at radius 1 is 1.60 bits per heavy atom. The number of anilines is 1. The fourth-order valence-corrected chi connectivity index (χ4v) is 1.61. The Bertz CT molecular complexity index is 341. The van der Waals surface area contributed by atoms with Crippen LogP contribution in [-0.2, 0) is 0 Å². The molecule has 1 heterocycles. The van der Waals surface area contributed by atoms with Gasteiger partial charge in [-0.3, -0.25) is 0 Å². The molecule has 0 bridgehead atoms. The van der Waals surface area contributed by atoms with Crippen molar-refractivity contribution in [1.29, 1.82) is 0 Å². The fraction of sp³-hybridized carbons (Fsp3) is 0.600. The summed E-state index contributed by atoms with van der Waals surface area (Å²) in [6.45, 7) is 0.740. The van der Waals surface area contributed by atoms with Crippen molar-refractivity contribution in [2.45, 2.75) is 19.3 Å². The second kappa shape index (κ2) is 4.79. The third kappa shape index (κ3) is 3.06. The van der Waals surface area contributed by atoms with Gasteiger partial charge in [0.25, 0.3) is 0 Å². The Labute approximate surface area is 97.6 Å². The first kappa shape index (κ1) is 10.7. The van der Waals surface area contributed by atoms with Crippen molar-refractivity contribution < 1.29 is 4.74 Å². The van der Waals surface area contributed by atoms with Gasteiger partial charge in [0.1, 0.15) is 0 Å². The van der Waals surface area contributed by atoms with Gasteiger partial charge in [0.15, 0.2) is 0 Å². The zero-order chi connectivity index (χ0) is 10.7. The molecule has 0 spiro atoms. The molecule has 1 aromatic rings. The molecule has 15 heavy (non-hydrogen) atoms. The maximum atomic E-state index is 5.59. The highest BCUT2D eigenvalue weighted by Crippen LogP contribution is 2.32. The molecule has 0 aromatic carbocycles. The van der Waals surface area contributed by atoms with Gasteiger partial charge in [0, 0.05) is 7.05 Å². The van der Waals surface area contributed by atoms with Crippen LogP contribution in [0.4, 0.5) is 5.95 Å². The number of aromatic nitrogens is 2. The molecule has 1 aliphatic rings. The summed E-state index contributed by atoms with van der Waals surface area (Å²) < 4.78 is 6.40. The van der Waals surface area contributed by atoms with Crippen LogP contribution < -0.4 is 10.1 Å². The van der Waals surface area contributed by atoms with E-state index in [2.05, 4.69) is 31.2 Å². The highest BCUT2D eigenvalue weighted by atomic mass is 79.9. The van der Waals surface area contributed by atoms with Gasteiger partial charge >= 0.3 is 0 Å². The van der Waals surface area contributed by atoms with E-state index in [1.54, 1.807) is 13.2 Å². The van der Waals surface area contributed by atoms with Crippen LogP contribution in [0.2, 0.25) is 0 Å². The molecule has 1 aliphatic carbocycles. The first-order valence-electron chi connectivity index (χ1n) is 5.12. The highest BCUT2D eigenvalue weighted by Gasteiger charge is 2.21. The Kier molecular flexibility index (Phi) is 3.41. The van der Waals surface area contributed by atoms with Gasteiger partial charge in [-0.05, 0) is 28.3 Å². The lowest BCUT2D eigenvalue weighted by Gasteiger charge is -2.07. The van der Waals surface area contributed by atoms with Crippen molar-refractivity contribution in [3.8, 4) is 5.88 Å². The van der Waals surface area contributed by atoms with E-state index in [0.29, 0.717) is 11.8 Å². The van der Waals surface area contributed by atoms with Gasteiger partial charge in [-0.25, -0.2) is 4.98 Å². The molecular formula is C10H14BrN3O. The highest BCUT2D eigenvalue weighted by molar-refractivity contribution is 9.10. The molecule has 2 rings (SSSR count). The van der Waals surface area contributed by atoms with E-state index in [-0.39, 0.29) is 0 Å². The third-order valence-electron chi connectivity index (χ3n) is 2.40. The van der Waals surface area contributed by atoms with Crippen molar-refractivity contribution >= 4 is 21.9 Å². The second-order valence-corrected chi connectivity index (χ2v) is 4.53. The van der Waals surface area contributed by atoms with E-state index in [4.69, 9.17) is 4.74 Å². The van der Waals surface area contributed by atoms with Crippen LogP contribution in [0.15, 0.2) is 10.7 Å². The minimum atomic E-state index is 0.583. The van der Waals surface area contributed by atoms with Crippen LogP contribution in [0, 0.1) is 5.92 Å². The quantitative estimate of drug-likeness (QED) is 0.894. The first-order chi connectivity index (χ1) is 7.29. The summed E-state index contributed by atoms with van der Waals surface area (Å²) >= 11 is 3.36. The number of nitrogens with zero attached hydrogens (tertiary/aromatic N) is 2. The van der Waals surface area contributed by atoms with E-state index >= 15 is 0 Å². The molecule has 1 saturated carbocycles. The lowest BCUT2D eigenvalue weighted by atomic mass is 10.3. The molecule has 1 N–H and O–H groups in total.